The van der Waals surface area contributed by atoms with Gasteiger partial charge in [0.25, 0.3) is 0 Å². The normalized spacial score (nSPS) is 38.4. The van der Waals surface area contributed by atoms with E-state index in [-0.39, 0.29) is 36.0 Å². The van der Waals surface area contributed by atoms with E-state index in [0.717, 1.165) is 88.9 Å². The predicted molar refractivity (Wildman–Crippen MR) is 100 cm³/mol. The molecule has 0 heterocycles. The minimum Gasteiger partial charge on any atom is -0.462 e. The molecule has 3 fully saturated rings. The van der Waals surface area contributed by atoms with Crippen LogP contribution in [0, 0.1) is 23.7 Å². The molecule has 0 aromatic rings. The third-order valence-corrected chi connectivity index (χ3v) is 6.89. The van der Waals surface area contributed by atoms with E-state index in [4.69, 9.17) is 9.47 Å². The molecular weight excluding hydrogens is 328 g/mol. The first kappa shape index (κ1) is 19.7. The molecule has 0 saturated heterocycles. The lowest BCUT2D eigenvalue weighted by molar-refractivity contribution is -0.162. The fourth-order valence-corrected chi connectivity index (χ4v) is 4.78. The molecule has 0 aromatic carbocycles. The summed E-state index contributed by atoms with van der Waals surface area (Å²) >= 11 is 0. The first-order valence-electron chi connectivity index (χ1n) is 10.9. The number of carbonyl (C=O) groups is 2. The van der Waals surface area contributed by atoms with E-state index >= 15 is 0 Å². The van der Waals surface area contributed by atoms with E-state index in [1.54, 1.807) is 0 Å². The molecule has 4 nitrogen and oxygen atoms in total. The Morgan fingerprint density at radius 2 is 0.846 bits per heavy atom. The molecule has 26 heavy (non-hydrogen) atoms. The first-order chi connectivity index (χ1) is 12.5. The largest absolute Gasteiger partial charge is 0.462 e. The molecule has 4 heteroatoms. The quantitative estimate of drug-likeness (QED) is 0.656. The number of esters is 2. The first-order valence-corrected chi connectivity index (χ1v) is 10.9. The Morgan fingerprint density at radius 1 is 0.538 bits per heavy atom. The van der Waals surface area contributed by atoms with Gasteiger partial charge in [-0.2, -0.15) is 0 Å². The monoisotopic (exact) mass is 364 g/mol. The van der Waals surface area contributed by atoms with Gasteiger partial charge in [0.05, 0.1) is 11.8 Å². The highest BCUT2D eigenvalue weighted by molar-refractivity contribution is 5.75. The fourth-order valence-electron chi connectivity index (χ4n) is 4.78. The molecule has 3 saturated carbocycles. The van der Waals surface area contributed by atoms with Crippen molar-refractivity contribution in [1.82, 2.24) is 0 Å². The smallest absolute Gasteiger partial charge is 0.309 e. The lowest BCUT2D eigenvalue weighted by Gasteiger charge is -2.31. The molecule has 0 unspecified atom stereocenters. The molecule has 0 amide bonds. The second kappa shape index (κ2) is 9.23. The van der Waals surface area contributed by atoms with Crippen LogP contribution in [0.5, 0.6) is 0 Å². The van der Waals surface area contributed by atoms with Crippen LogP contribution in [0.1, 0.15) is 90.9 Å². The lowest BCUT2D eigenvalue weighted by atomic mass is 9.81. The molecule has 0 atom stereocenters. The molecule has 3 aliphatic rings. The molecule has 0 spiro atoms. The second-order valence-electron chi connectivity index (χ2n) is 9.19. The number of carbonyl (C=O) groups excluding carboxylic acids is 2. The van der Waals surface area contributed by atoms with Crippen molar-refractivity contribution in [3.63, 3.8) is 0 Å². The summed E-state index contributed by atoms with van der Waals surface area (Å²) in [7, 11) is 0. The van der Waals surface area contributed by atoms with Gasteiger partial charge in [-0.05, 0) is 88.9 Å². The molecule has 0 N–H and O–H groups in total. The summed E-state index contributed by atoms with van der Waals surface area (Å²) in [5, 5.41) is 0. The van der Waals surface area contributed by atoms with Gasteiger partial charge in [-0.15, -0.1) is 0 Å². The van der Waals surface area contributed by atoms with Gasteiger partial charge < -0.3 is 9.47 Å². The van der Waals surface area contributed by atoms with E-state index in [1.165, 1.54) is 0 Å². The zero-order chi connectivity index (χ0) is 18.5. The summed E-state index contributed by atoms with van der Waals surface area (Å²) in [4.78, 5) is 24.9. The average Bonchev–Trinajstić information content (AvgIpc) is 2.65. The summed E-state index contributed by atoms with van der Waals surface area (Å²) in [6, 6.07) is 0. The lowest BCUT2D eigenvalue weighted by Crippen LogP contribution is -2.33. The van der Waals surface area contributed by atoms with Crippen molar-refractivity contribution in [3.8, 4) is 0 Å². The van der Waals surface area contributed by atoms with Crippen LogP contribution in [0.3, 0.4) is 0 Å². The zero-order valence-electron chi connectivity index (χ0n) is 16.6. The van der Waals surface area contributed by atoms with Crippen molar-refractivity contribution < 1.29 is 19.1 Å². The third kappa shape index (κ3) is 5.47. The molecule has 3 aliphatic carbocycles. The fraction of sp³-hybridized carbons (Fsp3) is 0.909. The Morgan fingerprint density at radius 3 is 1.15 bits per heavy atom. The third-order valence-electron chi connectivity index (χ3n) is 6.89. The van der Waals surface area contributed by atoms with Crippen LogP contribution in [0.4, 0.5) is 0 Å². The van der Waals surface area contributed by atoms with Crippen molar-refractivity contribution in [2.24, 2.45) is 23.7 Å². The van der Waals surface area contributed by atoms with E-state index in [1.807, 2.05) is 0 Å². The Kier molecular flexibility index (Phi) is 6.99. The highest BCUT2D eigenvalue weighted by Crippen LogP contribution is 2.34. The van der Waals surface area contributed by atoms with Gasteiger partial charge in [0.1, 0.15) is 12.2 Å². The maximum Gasteiger partial charge on any atom is 0.309 e. The van der Waals surface area contributed by atoms with Gasteiger partial charge in [-0.3, -0.25) is 9.59 Å². The maximum atomic E-state index is 12.4. The van der Waals surface area contributed by atoms with Crippen LogP contribution in [0.15, 0.2) is 0 Å². The topological polar surface area (TPSA) is 52.6 Å². The summed E-state index contributed by atoms with van der Waals surface area (Å²) < 4.78 is 11.5. The van der Waals surface area contributed by atoms with E-state index in [0.29, 0.717) is 0 Å². The van der Waals surface area contributed by atoms with Crippen LogP contribution in [0.25, 0.3) is 0 Å². The van der Waals surface area contributed by atoms with Gasteiger partial charge in [0.2, 0.25) is 0 Å². The maximum absolute atomic E-state index is 12.4. The average molecular weight is 365 g/mol. The van der Waals surface area contributed by atoms with Crippen molar-refractivity contribution in [3.05, 3.63) is 0 Å². The number of hydrogen-bond donors (Lipinski definition) is 0. The van der Waals surface area contributed by atoms with Gasteiger partial charge >= 0.3 is 11.9 Å². The minimum absolute atomic E-state index is 0.0195. The van der Waals surface area contributed by atoms with Crippen molar-refractivity contribution >= 4 is 11.9 Å². The SMILES string of the molecule is CC1CCC(OC(=O)C2CCC(C(=O)OC3CCC(C)CC3)CC2)CC1. The van der Waals surface area contributed by atoms with Gasteiger partial charge in [0.15, 0.2) is 0 Å². The van der Waals surface area contributed by atoms with Crippen molar-refractivity contribution in [2.75, 3.05) is 0 Å². The Labute approximate surface area is 158 Å². The van der Waals surface area contributed by atoms with Crippen LogP contribution in [-0.4, -0.2) is 24.1 Å². The van der Waals surface area contributed by atoms with Gasteiger partial charge in [-0.25, -0.2) is 0 Å². The summed E-state index contributed by atoms with van der Waals surface area (Å²) in [5.74, 6) is 1.43. The van der Waals surface area contributed by atoms with Gasteiger partial charge in [-0.1, -0.05) is 13.8 Å². The molecule has 0 bridgehead atoms. The highest BCUT2D eigenvalue weighted by atomic mass is 16.5. The summed E-state index contributed by atoms with van der Waals surface area (Å²) in [6.07, 6.45) is 12.0. The van der Waals surface area contributed by atoms with Crippen molar-refractivity contribution in [2.45, 2.75) is 103 Å². The summed E-state index contributed by atoms with van der Waals surface area (Å²) in [6.45, 7) is 4.54. The molecule has 0 radical (unpaired) electrons. The van der Waals surface area contributed by atoms with Gasteiger partial charge in [0, 0.05) is 0 Å². The van der Waals surface area contributed by atoms with E-state index in [2.05, 4.69) is 13.8 Å². The molecule has 148 valence electrons. The molecule has 0 aromatic heterocycles. The Bertz CT molecular complexity index is 421. The van der Waals surface area contributed by atoms with E-state index in [9.17, 15) is 9.59 Å². The van der Waals surface area contributed by atoms with Crippen LogP contribution < -0.4 is 0 Å². The van der Waals surface area contributed by atoms with E-state index < -0.39 is 0 Å². The minimum atomic E-state index is -0.0300. The number of ether oxygens (including phenoxy) is 2. The zero-order valence-corrected chi connectivity index (χ0v) is 16.6. The number of rotatable bonds is 4. The second-order valence-corrected chi connectivity index (χ2v) is 9.19. The molecular formula is C22H36O4. The highest BCUT2D eigenvalue weighted by Gasteiger charge is 2.34. The predicted octanol–water partition coefficient (Wildman–Crippen LogP) is 5.04. The van der Waals surface area contributed by atoms with Crippen LogP contribution in [0.2, 0.25) is 0 Å². The Hall–Kier alpha value is -1.06. The standard InChI is InChI=1S/C22H36O4/c1-15-3-11-19(12-4-15)25-21(23)17-7-9-18(10-8-17)22(24)26-20-13-5-16(2)6-14-20/h15-20H,3-14H2,1-2H3. The number of hydrogen-bond acceptors (Lipinski definition) is 4. The Balaban J connectivity index is 1.36. The van der Waals surface area contributed by atoms with Crippen LogP contribution in [-0.2, 0) is 19.1 Å². The summed E-state index contributed by atoms with van der Waals surface area (Å²) in [5.41, 5.74) is 0. The molecule has 3 rings (SSSR count). The van der Waals surface area contributed by atoms with Crippen LogP contribution >= 0.6 is 0 Å². The molecule has 0 aliphatic heterocycles. The van der Waals surface area contributed by atoms with Crippen molar-refractivity contribution in [1.29, 1.82) is 0 Å².